The normalized spacial score (nSPS) is 12.1. The molecule has 0 saturated heterocycles. The molecule has 21 heavy (non-hydrogen) atoms. The van der Waals surface area contributed by atoms with E-state index in [9.17, 15) is 22.0 Å². The summed E-state index contributed by atoms with van der Waals surface area (Å²) in [7, 11) is -4.02. The first-order chi connectivity index (χ1) is 9.42. The van der Waals surface area contributed by atoms with Crippen molar-refractivity contribution in [2.75, 3.05) is 17.1 Å². The first-order valence-corrected chi connectivity index (χ1v) is 7.99. The van der Waals surface area contributed by atoms with Gasteiger partial charge in [0, 0.05) is 5.54 Å². The van der Waals surface area contributed by atoms with E-state index in [1.807, 2.05) is 0 Å². The van der Waals surface area contributed by atoms with Crippen LogP contribution in [0.15, 0.2) is 18.2 Å². The summed E-state index contributed by atoms with van der Waals surface area (Å²) in [6.45, 7) is 4.42. The molecule has 0 aliphatic carbocycles. The summed E-state index contributed by atoms with van der Waals surface area (Å²) in [5.41, 5.74) is -1.35. The Kier molecular flexibility index (Phi) is 4.93. The van der Waals surface area contributed by atoms with Crippen LogP contribution in [-0.4, -0.2) is 32.7 Å². The lowest BCUT2D eigenvalue weighted by molar-refractivity contribution is -0.121. The molecule has 1 aromatic rings. The summed E-state index contributed by atoms with van der Waals surface area (Å²) < 4.78 is 51.4. The molecule has 1 aromatic carbocycles. The van der Waals surface area contributed by atoms with Crippen molar-refractivity contribution in [3.8, 4) is 0 Å². The zero-order chi connectivity index (χ0) is 16.4. The van der Waals surface area contributed by atoms with E-state index in [0.29, 0.717) is 4.31 Å². The van der Waals surface area contributed by atoms with Gasteiger partial charge >= 0.3 is 0 Å². The minimum absolute atomic E-state index is 0.415. The van der Waals surface area contributed by atoms with Crippen LogP contribution in [0.4, 0.5) is 14.5 Å². The van der Waals surface area contributed by atoms with Crippen LogP contribution in [0.3, 0.4) is 0 Å². The molecule has 0 heterocycles. The molecule has 8 heteroatoms. The quantitative estimate of drug-likeness (QED) is 0.917. The molecule has 0 saturated carbocycles. The van der Waals surface area contributed by atoms with Gasteiger partial charge in [-0.15, -0.1) is 0 Å². The Bertz CT molecular complexity index is 619. The van der Waals surface area contributed by atoms with Crippen LogP contribution in [0.25, 0.3) is 0 Å². The number of rotatable bonds is 4. The molecule has 0 spiro atoms. The van der Waals surface area contributed by atoms with Crippen LogP contribution in [0, 0.1) is 11.6 Å². The number of anilines is 1. The number of benzene rings is 1. The lowest BCUT2D eigenvalue weighted by Crippen LogP contribution is -2.47. The van der Waals surface area contributed by atoms with E-state index < -0.39 is 45.3 Å². The average molecular weight is 320 g/mol. The monoisotopic (exact) mass is 320 g/mol. The molecule has 5 nitrogen and oxygen atoms in total. The lowest BCUT2D eigenvalue weighted by Gasteiger charge is -2.26. The standard InChI is InChI=1S/C13H18F2N2O3S/c1-13(2,3)16-11(18)8-17(21(4,19)20)12-9(14)6-5-7-10(12)15/h5-7H,8H2,1-4H3,(H,16,18). The summed E-state index contributed by atoms with van der Waals surface area (Å²) in [5, 5.41) is 2.54. The second-order valence-corrected chi connectivity index (χ2v) is 7.54. The smallest absolute Gasteiger partial charge is 0.241 e. The number of carbonyl (C=O) groups is 1. The van der Waals surface area contributed by atoms with E-state index in [2.05, 4.69) is 5.32 Å². The molecular weight excluding hydrogens is 302 g/mol. The summed E-state index contributed by atoms with van der Waals surface area (Å²) in [5.74, 6) is -2.76. The van der Waals surface area contributed by atoms with Crippen LogP contribution in [0.5, 0.6) is 0 Å². The molecule has 118 valence electrons. The summed E-state index contributed by atoms with van der Waals surface area (Å²) in [4.78, 5) is 11.8. The predicted octanol–water partition coefficient (Wildman–Crippen LogP) is 1.65. The van der Waals surface area contributed by atoms with Crippen molar-refractivity contribution in [2.24, 2.45) is 0 Å². The molecule has 0 unspecified atom stereocenters. The minimum atomic E-state index is -4.02. The van der Waals surface area contributed by atoms with Crippen LogP contribution in [0.1, 0.15) is 20.8 Å². The van der Waals surface area contributed by atoms with Crippen molar-refractivity contribution in [3.05, 3.63) is 29.8 Å². The average Bonchev–Trinajstić information content (AvgIpc) is 2.23. The highest BCUT2D eigenvalue weighted by Crippen LogP contribution is 2.25. The van der Waals surface area contributed by atoms with Gasteiger partial charge in [0.1, 0.15) is 12.2 Å². The van der Waals surface area contributed by atoms with Gasteiger partial charge in [0.05, 0.1) is 6.26 Å². The fourth-order valence-corrected chi connectivity index (χ4v) is 2.54. The Morgan fingerprint density at radius 1 is 1.24 bits per heavy atom. The fraction of sp³-hybridized carbons (Fsp3) is 0.462. The van der Waals surface area contributed by atoms with E-state index in [-0.39, 0.29) is 0 Å². The van der Waals surface area contributed by atoms with Crippen LogP contribution < -0.4 is 9.62 Å². The SMILES string of the molecule is CC(C)(C)NC(=O)CN(c1c(F)cccc1F)S(C)(=O)=O. The zero-order valence-electron chi connectivity index (χ0n) is 12.3. The number of hydrogen-bond acceptors (Lipinski definition) is 3. The van der Waals surface area contributed by atoms with E-state index in [4.69, 9.17) is 0 Å². The summed E-state index contributed by atoms with van der Waals surface area (Å²) >= 11 is 0. The highest BCUT2D eigenvalue weighted by Gasteiger charge is 2.27. The molecule has 1 N–H and O–H groups in total. The second-order valence-electron chi connectivity index (χ2n) is 5.64. The largest absolute Gasteiger partial charge is 0.350 e. The Balaban J connectivity index is 3.18. The van der Waals surface area contributed by atoms with Crippen molar-refractivity contribution in [2.45, 2.75) is 26.3 Å². The van der Waals surface area contributed by atoms with Gasteiger partial charge in [-0.25, -0.2) is 17.2 Å². The maximum Gasteiger partial charge on any atom is 0.241 e. The van der Waals surface area contributed by atoms with Crippen LogP contribution in [0.2, 0.25) is 0 Å². The Morgan fingerprint density at radius 2 is 1.71 bits per heavy atom. The fourth-order valence-electron chi connectivity index (χ4n) is 1.68. The summed E-state index contributed by atoms with van der Waals surface area (Å²) in [6, 6.07) is 2.97. The highest BCUT2D eigenvalue weighted by molar-refractivity contribution is 7.92. The number of para-hydroxylation sites is 1. The molecule has 0 atom stereocenters. The van der Waals surface area contributed by atoms with Gasteiger partial charge in [0.25, 0.3) is 0 Å². The van der Waals surface area contributed by atoms with Crippen molar-refractivity contribution in [1.29, 1.82) is 0 Å². The van der Waals surface area contributed by atoms with Crippen LogP contribution >= 0.6 is 0 Å². The number of hydrogen-bond donors (Lipinski definition) is 1. The van der Waals surface area contributed by atoms with E-state index in [1.54, 1.807) is 20.8 Å². The van der Waals surface area contributed by atoms with Gasteiger partial charge in [0.15, 0.2) is 11.6 Å². The first-order valence-electron chi connectivity index (χ1n) is 6.14. The molecule has 0 fully saturated rings. The molecule has 0 aliphatic heterocycles. The van der Waals surface area contributed by atoms with Crippen LogP contribution in [-0.2, 0) is 14.8 Å². The molecule has 0 radical (unpaired) electrons. The highest BCUT2D eigenvalue weighted by atomic mass is 32.2. The third-order valence-corrected chi connectivity index (χ3v) is 3.50. The van der Waals surface area contributed by atoms with Gasteiger partial charge in [-0.2, -0.15) is 0 Å². The third-order valence-electron chi connectivity index (χ3n) is 2.39. The Morgan fingerprint density at radius 3 is 2.10 bits per heavy atom. The number of sulfonamides is 1. The van der Waals surface area contributed by atoms with Crippen molar-refractivity contribution < 1.29 is 22.0 Å². The first kappa shape index (κ1) is 17.4. The van der Waals surface area contributed by atoms with Crippen molar-refractivity contribution in [1.82, 2.24) is 5.32 Å². The number of halogens is 2. The van der Waals surface area contributed by atoms with Gasteiger partial charge in [-0.3, -0.25) is 9.10 Å². The molecule has 0 bridgehead atoms. The second kappa shape index (κ2) is 5.97. The van der Waals surface area contributed by atoms with E-state index in [0.717, 1.165) is 24.5 Å². The third kappa shape index (κ3) is 4.96. The number of carbonyl (C=O) groups excluding carboxylic acids is 1. The minimum Gasteiger partial charge on any atom is -0.350 e. The molecule has 1 rings (SSSR count). The van der Waals surface area contributed by atoms with Gasteiger partial charge in [-0.1, -0.05) is 6.07 Å². The number of nitrogens with one attached hydrogen (secondary N) is 1. The molecular formula is C13H18F2N2O3S. The van der Waals surface area contributed by atoms with Gasteiger partial charge < -0.3 is 5.32 Å². The summed E-state index contributed by atoms with van der Waals surface area (Å²) in [6.07, 6.45) is 0.781. The van der Waals surface area contributed by atoms with E-state index in [1.165, 1.54) is 0 Å². The Labute approximate surface area is 123 Å². The number of nitrogens with zero attached hydrogens (tertiary/aromatic N) is 1. The number of amides is 1. The molecule has 0 aromatic heterocycles. The molecule has 1 amide bonds. The van der Waals surface area contributed by atoms with E-state index >= 15 is 0 Å². The van der Waals surface area contributed by atoms with Crippen molar-refractivity contribution in [3.63, 3.8) is 0 Å². The predicted molar refractivity (Wildman–Crippen MR) is 76.4 cm³/mol. The Hall–Kier alpha value is -1.70. The zero-order valence-corrected chi connectivity index (χ0v) is 13.1. The van der Waals surface area contributed by atoms with Gasteiger partial charge in [0.2, 0.25) is 15.9 Å². The van der Waals surface area contributed by atoms with Crippen molar-refractivity contribution >= 4 is 21.6 Å². The van der Waals surface area contributed by atoms with Gasteiger partial charge in [-0.05, 0) is 32.9 Å². The lowest BCUT2D eigenvalue weighted by atomic mass is 10.1. The maximum atomic E-state index is 13.7. The molecule has 0 aliphatic rings. The topological polar surface area (TPSA) is 66.5 Å². The maximum absolute atomic E-state index is 13.7.